The van der Waals surface area contributed by atoms with Crippen molar-refractivity contribution in [3.63, 3.8) is 0 Å². The average molecular weight is 409 g/mol. The first kappa shape index (κ1) is 17.9. The number of amides is 1. The van der Waals surface area contributed by atoms with Crippen LogP contribution in [0.1, 0.15) is 5.56 Å². The van der Waals surface area contributed by atoms with Crippen LogP contribution in [0.2, 0.25) is 0 Å². The molecule has 0 bridgehead atoms. The summed E-state index contributed by atoms with van der Waals surface area (Å²) < 4.78 is 6.59. The van der Waals surface area contributed by atoms with Crippen molar-refractivity contribution in [1.82, 2.24) is 5.43 Å². The van der Waals surface area contributed by atoms with Crippen LogP contribution in [0.5, 0.6) is 5.75 Å². The molecule has 0 unspecified atom stereocenters. The van der Waals surface area contributed by atoms with Crippen molar-refractivity contribution in [2.45, 2.75) is 0 Å². The molecule has 4 nitrogen and oxygen atoms in total. The number of carbonyl (C=O) groups is 1. The van der Waals surface area contributed by atoms with Crippen LogP contribution in [-0.4, -0.2) is 18.7 Å². The van der Waals surface area contributed by atoms with Gasteiger partial charge in [-0.1, -0.05) is 82.7 Å². The van der Waals surface area contributed by atoms with E-state index in [4.69, 9.17) is 4.74 Å². The van der Waals surface area contributed by atoms with Crippen LogP contribution in [0.15, 0.2) is 88.4 Å². The number of rotatable bonds is 6. The van der Waals surface area contributed by atoms with E-state index in [0.29, 0.717) is 5.75 Å². The Morgan fingerprint density at radius 3 is 2.46 bits per heavy atom. The molecule has 0 aromatic heterocycles. The van der Waals surface area contributed by atoms with Crippen LogP contribution >= 0.6 is 15.9 Å². The van der Waals surface area contributed by atoms with Gasteiger partial charge in [0.15, 0.2) is 6.61 Å². The van der Waals surface area contributed by atoms with E-state index in [0.717, 1.165) is 21.2 Å². The van der Waals surface area contributed by atoms with Crippen molar-refractivity contribution < 1.29 is 9.53 Å². The average Bonchev–Trinajstić information content (AvgIpc) is 2.69. The summed E-state index contributed by atoms with van der Waals surface area (Å²) in [6, 6.07) is 25.2. The largest absolute Gasteiger partial charge is 0.483 e. The van der Waals surface area contributed by atoms with Crippen molar-refractivity contribution in [3.8, 4) is 16.9 Å². The summed E-state index contributed by atoms with van der Waals surface area (Å²) in [5.74, 6) is 0.333. The Bertz CT molecular complexity index is 911. The Morgan fingerprint density at radius 2 is 1.65 bits per heavy atom. The van der Waals surface area contributed by atoms with Gasteiger partial charge in [-0.2, -0.15) is 5.10 Å². The highest BCUT2D eigenvalue weighted by Gasteiger charge is 2.07. The minimum absolute atomic E-state index is 0.114. The highest BCUT2D eigenvalue weighted by Crippen LogP contribution is 2.29. The molecule has 0 aliphatic rings. The predicted octanol–water partition coefficient (Wildman–Crippen LogP) is 4.65. The van der Waals surface area contributed by atoms with Crippen LogP contribution < -0.4 is 10.2 Å². The molecular formula is C21H17BrN2O2. The molecule has 0 spiro atoms. The number of ether oxygens (including phenoxy) is 1. The molecule has 1 amide bonds. The Balaban J connectivity index is 1.60. The van der Waals surface area contributed by atoms with E-state index in [2.05, 4.69) is 26.5 Å². The van der Waals surface area contributed by atoms with Crippen molar-refractivity contribution in [2.24, 2.45) is 5.10 Å². The Labute approximate surface area is 160 Å². The number of nitrogens with zero attached hydrogens (tertiary/aromatic N) is 1. The number of hydrogen-bond acceptors (Lipinski definition) is 3. The minimum Gasteiger partial charge on any atom is -0.483 e. The zero-order valence-electron chi connectivity index (χ0n) is 13.9. The Kier molecular flexibility index (Phi) is 6.17. The molecular weight excluding hydrogens is 392 g/mol. The number of hydrazone groups is 1. The molecule has 130 valence electrons. The molecule has 0 saturated carbocycles. The highest BCUT2D eigenvalue weighted by atomic mass is 79.9. The van der Waals surface area contributed by atoms with Gasteiger partial charge in [0.25, 0.3) is 5.91 Å². The zero-order chi connectivity index (χ0) is 18.2. The van der Waals surface area contributed by atoms with Crippen molar-refractivity contribution >= 4 is 28.1 Å². The molecule has 0 radical (unpaired) electrons. The van der Waals surface area contributed by atoms with E-state index in [9.17, 15) is 4.79 Å². The Hall–Kier alpha value is -2.92. The van der Waals surface area contributed by atoms with E-state index in [-0.39, 0.29) is 12.5 Å². The van der Waals surface area contributed by atoms with Crippen molar-refractivity contribution in [3.05, 3.63) is 88.9 Å². The van der Waals surface area contributed by atoms with Gasteiger partial charge < -0.3 is 4.74 Å². The minimum atomic E-state index is -0.323. The molecule has 5 heteroatoms. The summed E-state index contributed by atoms with van der Waals surface area (Å²) in [5.41, 5.74) is 5.33. The van der Waals surface area contributed by atoms with E-state index >= 15 is 0 Å². The molecule has 3 aromatic rings. The van der Waals surface area contributed by atoms with Gasteiger partial charge in [-0.15, -0.1) is 0 Å². The predicted molar refractivity (Wildman–Crippen MR) is 107 cm³/mol. The lowest BCUT2D eigenvalue weighted by molar-refractivity contribution is -0.123. The van der Waals surface area contributed by atoms with Crippen molar-refractivity contribution in [2.75, 3.05) is 6.61 Å². The second-order valence-corrected chi connectivity index (χ2v) is 6.32. The standard InChI is InChI=1S/C21H17BrN2O2/c22-19-12-6-4-10-17(19)14-23-24-21(25)15-26-20-13-7-5-11-18(20)16-8-2-1-3-9-16/h1-14H,15H2,(H,24,25)/b23-14+. The third-order valence-electron chi connectivity index (χ3n) is 3.63. The lowest BCUT2D eigenvalue weighted by Gasteiger charge is -2.10. The van der Waals surface area contributed by atoms with Crippen LogP contribution in [0.25, 0.3) is 11.1 Å². The second-order valence-electron chi connectivity index (χ2n) is 5.47. The molecule has 0 fully saturated rings. The normalized spacial score (nSPS) is 10.7. The third kappa shape index (κ3) is 4.80. The summed E-state index contributed by atoms with van der Waals surface area (Å²) in [6.07, 6.45) is 1.58. The molecule has 3 rings (SSSR count). The van der Waals surface area contributed by atoms with Gasteiger partial charge in [-0.05, 0) is 17.7 Å². The molecule has 26 heavy (non-hydrogen) atoms. The topological polar surface area (TPSA) is 50.7 Å². The lowest BCUT2D eigenvalue weighted by atomic mass is 10.1. The van der Waals surface area contributed by atoms with E-state index in [1.165, 1.54) is 0 Å². The molecule has 0 saturated heterocycles. The lowest BCUT2D eigenvalue weighted by Crippen LogP contribution is -2.24. The van der Waals surface area contributed by atoms with Gasteiger partial charge in [-0.25, -0.2) is 5.43 Å². The quantitative estimate of drug-likeness (QED) is 0.476. The zero-order valence-corrected chi connectivity index (χ0v) is 15.5. The van der Waals surface area contributed by atoms with Crippen LogP contribution in [0, 0.1) is 0 Å². The van der Waals surface area contributed by atoms with Gasteiger partial charge >= 0.3 is 0 Å². The maximum absolute atomic E-state index is 12.0. The van der Waals surface area contributed by atoms with Gasteiger partial charge in [0.1, 0.15) is 5.75 Å². The first-order valence-electron chi connectivity index (χ1n) is 8.08. The fourth-order valence-corrected chi connectivity index (χ4v) is 2.77. The summed E-state index contributed by atoms with van der Waals surface area (Å²) in [5, 5.41) is 3.96. The molecule has 0 atom stereocenters. The maximum Gasteiger partial charge on any atom is 0.277 e. The number of carbonyl (C=O) groups excluding carboxylic acids is 1. The number of halogens is 1. The van der Waals surface area contributed by atoms with Crippen LogP contribution in [0.3, 0.4) is 0 Å². The summed E-state index contributed by atoms with van der Waals surface area (Å²) in [6.45, 7) is -0.114. The molecule has 0 aliphatic heterocycles. The first-order valence-corrected chi connectivity index (χ1v) is 8.87. The molecule has 3 aromatic carbocycles. The molecule has 0 aliphatic carbocycles. The first-order chi connectivity index (χ1) is 12.7. The third-order valence-corrected chi connectivity index (χ3v) is 4.35. The number of nitrogens with one attached hydrogen (secondary N) is 1. The maximum atomic E-state index is 12.0. The highest BCUT2D eigenvalue weighted by molar-refractivity contribution is 9.10. The van der Waals surface area contributed by atoms with E-state index in [1.54, 1.807) is 6.21 Å². The van der Waals surface area contributed by atoms with Crippen LogP contribution in [-0.2, 0) is 4.79 Å². The van der Waals surface area contributed by atoms with Crippen LogP contribution in [0.4, 0.5) is 0 Å². The van der Waals surface area contributed by atoms with E-state index < -0.39 is 0 Å². The summed E-state index contributed by atoms with van der Waals surface area (Å²) in [7, 11) is 0. The number of hydrogen-bond donors (Lipinski definition) is 1. The van der Waals surface area contributed by atoms with E-state index in [1.807, 2.05) is 78.9 Å². The van der Waals surface area contributed by atoms with Gasteiger partial charge in [0.05, 0.1) is 6.21 Å². The van der Waals surface area contributed by atoms with Gasteiger partial charge in [0, 0.05) is 15.6 Å². The fourth-order valence-electron chi connectivity index (χ4n) is 2.38. The monoisotopic (exact) mass is 408 g/mol. The van der Waals surface area contributed by atoms with Gasteiger partial charge in [-0.3, -0.25) is 4.79 Å². The number of benzene rings is 3. The fraction of sp³-hybridized carbons (Fsp3) is 0.0476. The summed E-state index contributed by atoms with van der Waals surface area (Å²) in [4.78, 5) is 12.0. The summed E-state index contributed by atoms with van der Waals surface area (Å²) >= 11 is 3.43. The second kappa shape index (κ2) is 8.97. The number of para-hydroxylation sites is 1. The molecule has 1 N–H and O–H groups in total. The SMILES string of the molecule is O=C(COc1ccccc1-c1ccccc1)N/N=C/c1ccccc1Br. The smallest absolute Gasteiger partial charge is 0.277 e. The Morgan fingerprint density at radius 1 is 0.962 bits per heavy atom. The van der Waals surface area contributed by atoms with Crippen molar-refractivity contribution in [1.29, 1.82) is 0 Å². The van der Waals surface area contributed by atoms with Gasteiger partial charge in [0.2, 0.25) is 0 Å². The molecule has 0 heterocycles.